The second-order valence-electron chi connectivity index (χ2n) is 4.96. The Morgan fingerprint density at radius 1 is 1.10 bits per heavy atom. The number of hydrogen-bond acceptors (Lipinski definition) is 4. The minimum atomic E-state index is -0.0145. The van der Waals surface area contributed by atoms with Gasteiger partial charge < -0.3 is 9.47 Å². The highest BCUT2D eigenvalue weighted by Crippen LogP contribution is 2.33. The Balaban J connectivity index is 1.82. The van der Waals surface area contributed by atoms with Gasteiger partial charge in [0.25, 0.3) is 0 Å². The molecule has 1 unspecified atom stereocenters. The first-order chi connectivity index (χ1) is 10.3. The van der Waals surface area contributed by atoms with Crippen LogP contribution >= 0.6 is 11.6 Å². The lowest BCUT2D eigenvalue weighted by molar-refractivity contribution is 0.171. The molecule has 0 aromatic heterocycles. The first kappa shape index (κ1) is 14.2. The van der Waals surface area contributed by atoms with Crippen molar-refractivity contribution in [3.8, 4) is 11.5 Å². The zero-order chi connectivity index (χ0) is 14.7. The van der Waals surface area contributed by atoms with Gasteiger partial charge in [0.1, 0.15) is 13.2 Å². The number of benzene rings is 2. The second kappa shape index (κ2) is 6.35. The molecule has 2 aromatic carbocycles. The Bertz CT molecular complexity index is 633. The third-order valence-corrected chi connectivity index (χ3v) is 3.73. The number of nitrogens with one attached hydrogen (secondary N) is 1. The molecule has 1 heterocycles. The molecule has 5 heteroatoms. The fourth-order valence-electron chi connectivity index (χ4n) is 2.45. The normalized spacial score (nSPS) is 14.8. The number of hydrazine groups is 1. The van der Waals surface area contributed by atoms with Crippen LogP contribution in [0.1, 0.15) is 17.2 Å². The molecule has 0 amide bonds. The van der Waals surface area contributed by atoms with E-state index in [0.717, 1.165) is 34.1 Å². The third kappa shape index (κ3) is 3.29. The van der Waals surface area contributed by atoms with E-state index in [-0.39, 0.29) is 6.04 Å². The molecule has 0 spiro atoms. The van der Waals surface area contributed by atoms with E-state index in [0.29, 0.717) is 13.2 Å². The number of rotatable bonds is 4. The van der Waals surface area contributed by atoms with Crippen LogP contribution in [-0.2, 0) is 6.42 Å². The molecule has 0 saturated heterocycles. The van der Waals surface area contributed by atoms with Gasteiger partial charge in [-0.3, -0.25) is 11.3 Å². The van der Waals surface area contributed by atoms with Crippen LogP contribution in [0.5, 0.6) is 11.5 Å². The topological polar surface area (TPSA) is 56.5 Å². The van der Waals surface area contributed by atoms with E-state index in [2.05, 4.69) is 5.43 Å². The summed E-state index contributed by atoms with van der Waals surface area (Å²) < 4.78 is 11.1. The van der Waals surface area contributed by atoms with Crippen molar-refractivity contribution >= 4 is 11.6 Å². The molecule has 0 saturated carbocycles. The summed E-state index contributed by atoms with van der Waals surface area (Å²) in [6.07, 6.45) is 0.747. The Labute approximate surface area is 128 Å². The molecule has 3 N–H and O–H groups in total. The van der Waals surface area contributed by atoms with E-state index in [1.54, 1.807) is 0 Å². The van der Waals surface area contributed by atoms with E-state index < -0.39 is 0 Å². The molecule has 110 valence electrons. The lowest BCUT2D eigenvalue weighted by Crippen LogP contribution is -2.29. The molecule has 21 heavy (non-hydrogen) atoms. The summed E-state index contributed by atoms with van der Waals surface area (Å²) in [6.45, 7) is 1.17. The highest BCUT2D eigenvalue weighted by atomic mass is 35.5. The molecule has 4 nitrogen and oxygen atoms in total. The van der Waals surface area contributed by atoms with E-state index in [1.165, 1.54) is 0 Å². The van der Waals surface area contributed by atoms with Crippen LogP contribution in [0, 0.1) is 0 Å². The van der Waals surface area contributed by atoms with E-state index in [1.807, 2.05) is 42.5 Å². The third-order valence-electron chi connectivity index (χ3n) is 3.50. The summed E-state index contributed by atoms with van der Waals surface area (Å²) in [6, 6.07) is 13.7. The van der Waals surface area contributed by atoms with Gasteiger partial charge >= 0.3 is 0 Å². The van der Waals surface area contributed by atoms with Gasteiger partial charge in [0.05, 0.1) is 6.04 Å². The largest absolute Gasteiger partial charge is 0.486 e. The van der Waals surface area contributed by atoms with Gasteiger partial charge in [-0.2, -0.15) is 0 Å². The van der Waals surface area contributed by atoms with Gasteiger partial charge in [-0.25, -0.2) is 0 Å². The Morgan fingerprint density at radius 2 is 1.90 bits per heavy atom. The maximum atomic E-state index is 6.02. The number of nitrogens with two attached hydrogens (primary N) is 1. The molecule has 0 aliphatic carbocycles. The van der Waals surface area contributed by atoms with Crippen molar-refractivity contribution in [3.63, 3.8) is 0 Å². The Kier molecular flexibility index (Phi) is 4.29. The summed E-state index contributed by atoms with van der Waals surface area (Å²) in [5.74, 6) is 7.26. The van der Waals surface area contributed by atoms with Crippen molar-refractivity contribution in [2.24, 2.45) is 5.84 Å². The SMILES string of the molecule is NNC(Cc1cccc(Cl)c1)c1ccc2c(c1)OCCO2. The predicted octanol–water partition coefficient (Wildman–Crippen LogP) is 2.86. The summed E-state index contributed by atoms with van der Waals surface area (Å²) in [5, 5.41) is 0.727. The van der Waals surface area contributed by atoms with Gasteiger partial charge in [-0.1, -0.05) is 29.8 Å². The number of halogens is 1. The van der Waals surface area contributed by atoms with E-state index >= 15 is 0 Å². The molecular formula is C16H17ClN2O2. The van der Waals surface area contributed by atoms with Crippen LogP contribution in [0.15, 0.2) is 42.5 Å². The zero-order valence-corrected chi connectivity index (χ0v) is 12.3. The summed E-state index contributed by atoms with van der Waals surface area (Å²) in [5.41, 5.74) is 5.04. The van der Waals surface area contributed by atoms with Gasteiger partial charge in [0.2, 0.25) is 0 Å². The standard InChI is InChI=1S/C16H17ClN2O2/c17-13-3-1-2-11(8-13)9-14(19-18)12-4-5-15-16(10-12)21-7-6-20-15/h1-5,8,10,14,19H,6-7,9,18H2. The fourth-order valence-corrected chi connectivity index (χ4v) is 2.66. The number of fused-ring (bicyclic) bond motifs is 1. The monoisotopic (exact) mass is 304 g/mol. The molecule has 1 atom stereocenters. The number of hydrogen-bond donors (Lipinski definition) is 2. The van der Waals surface area contributed by atoms with E-state index in [9.17, 15) is 0 Å². The van der Waals surface area contributed by atoms with Gasteiger partial charge in [-0.15, -0.1) is 0 Å². The molecule has 3 rings (SSSR count). The first-order valence-corrected chi connectivity index (χ1v) is 7.24. The van der Waals surface area contributed by atoms with Gasteiger partial charge in [0.15, 0.2) is 11.5 Å². The van der Waals surface area contributed by atoms with Crippen LogP contribution in [-0.4, -0.2) is 13.2 Å². The van der Waals surface area contributed by atoms with Crippen LogP contribution in [0.4, 0.5) is 0 Å². The Morgan fingerprint density at radius 3 is 2.67 bits per heavy atom. The molecule has 2 aromatic rings. The smallest absolute Gasteiger partial charge is 0.161 e. The maximum Gasteiger partial charge on any atom is 0.161 e. The molecular weight excluding hydrogens is 288 g/mol. The average Bonchev–Trinajstić information content (AvgIpc) is 2.52. The summed E-state index contributed by atoms with van der Waals surface area (Å²) in [4.78, 5) is 0. The zero-order valence-electron chi connectivity index (χ0n) is 11.5. The molecule has 0 bridgehead atoms. The highest BCUT2D eigenvalue weighted by Gasteiger charge is 2.16. The highest BCUT2D eigenvalue weighted by molar-refractivity contribution is 6.30. The minimum Gasteiger partial charge on any atom is -0.486 e. The fraction of sp³-hybridized carbons (Fsp3) is 0.250. The summed E-state index contributed by atoms with van der Waals surface area (Å²) >= 11 is 6.02. The molecule has 1 aliphatic rings. The lowest BCUT2D eigenvalue weighted by Gasteiger charge is -2.22. The average molecular weight is 305 g/mol. The van der Waals surface area contributed by atoms with Gasteiger partial charge in [0, 0.05) is 5.02 Å². The van der Waals surface area contributed by atoms with Crippen molar-refractivity contribution in [2.45, 2.75) is 12.5 Å². The van der Waals surface area contributed by atoms with Crippen LogP contribution in [0.2, 0.25) is 5.02 Å². The Hall–Kier alpha value is -1.75. The van der Waals surface area contributed by atoms with Crippen LogP contribution < -0.4 is 20.7 Å². The second-order valence-corrected chi connectivity index (χ2v) is 5.39. The lowest BCUT2D eigenvalue weighted by atomic mass is 9.99. The van der Waals surface area contributed by atoms with Crippen molar-refractivity contribution in [1.29, 1.82) is 0 Å². The van der Waals surface area contributed by atoms with Crippen molar-refractivity contribution < 1.29 is 9.47 Å². The van der Waals surface area contributed by atoms with E-state index in [4.69, 9.17) is 26.9 Å². The van der Waals surface area contributed by atoms with Crippen molar-refractivity contribution in [1.82, 2.24) is 5.43 Å². The minimum absolute atomic E-state index is 0.0145. The predicted molar refractivity (Wildman–Crippen MR) is 82.7 cm³/mol. The van der Waals surface area contributed by atoms with Crippen LogP contribution in [0.3, 0.4) is 0 Å². The first-order valence-electron chi connectivity index (χ1n) is 6.86. The number of ether oxygens (including phenoxy) is 2. The molecule has 1 aliphatic heterocycles. The van der Waals surface area contributed by atoms with Gasteiger partial charge in [-0.05, 0) is 41.8 Å². The van der Waals surface area contributed by atoms with Crippen molar-refractivity contribution in [2.75, 3.05) is 13.2 Å². The molecule has 0 radical (unpaired) electrons. The van der Waals surface area contributed by atoms with Crippen LogP contribution in [0.25, 0.3) is 0 Å². The molecule has 0 fully saturated rings. The van der Waals surface area contributed by atoms with Crippen molar-refractivity contribution in [3.05, 3.63) is 58.6 Å². The maximum absolute atomic E-state index is 6.02. The summed E-state index contributed by atoms with van der Waals surface area (Å²) in [7, 11) is 0. The quantitative estimate of drug-likeness (QED) is 0.673.